The molecule has 1 heteroatoms. The van der Waals surface area contributed by atoms with Gasteiger partial charge in [-0.2, -0.15) is 0 Å². The first-order chi connectivity index (χ1) is 6.84. The summed E-state index contributed by atoms with van der Waals surface area (Å²) in [5.74, 6) is 0. The van der Waals surface area contributed by atoms with E-state index in [0.717, 1.165) is 18.4 Å². The van der Waals surface area contributed by atoms with Gasteiger partial charge >= 0.3 is 0 Å². The first-order valence-electron chi connectivity index (χ1n) is 5.22. The summed E-state index contributed by atoms with van der Waals surface area (Å²) in [5.41, 5.74) is 0.994. The van der Waals surface area contributed by atoms with E-state index in [4.69, 9.17) is 0 Å². The maximum atomic E-state index is 9.77. The Kier molecular flexibility index (Phi) is 5.02. The lowest BCUT2D eigenvalue weighted by molar-refractivity contribution is 0.181. The molecule has 0 saturated heterocycles. The smallest absolute Gasteiger partial charge is 0.0824 e. The van der Waals surface area contributed by atoms with E-state index in [-0.39, 0.29) is 6.10 Å². The van der Waals surface area contributed by atoms with Crippen molar-refractivity contribution in [3.8, 4) is 0 Å². The lowest BCUT2D eigenvalue weighted by Gasteiger charge is -2.07. The molecule has 0 unspecified atom stereocenters. The number of benzene rings is 1. The first-order valence-corrected chi connectivity index (χ1v) is 5.22. The van der Waals surface area contributed by atoms with E-state index in [1.54, 1.807) is 0 Å². The van der Waals surface area contributed by atoms with Gasteiger partial charge in [-0.3, -0.25) is 0 Å². The normalized spacial score (nSPS) is 13.3. The number of aliphatic hydroxyl groups excluding tert-OH is 1. The Bertz CT molecular complexity index is 264. The third-order valence-electron chi connectivity index (χ3n) is 2.17. The lowest BCUT2D eigenvalue weighted by atomic mass is 10.1. The van der Waals surface area contributed by atoms with Crippen molar-refractivity contribution in [2.24, 2.45) is 0 Å². The van der Waals surface area contributed by atoms with Gasteiger partial charge in [0, 0.05) is 0 Å². The maximum Gasteiger partial charge on any atom is 0.0824 e. The summed E-state index contributed by atoms with van der Waals surface area (Å²) >= 11 is 0. The molecule has 0 aliphatic carbocycles. The van der Waals surface area contributed by atoms with E-state index in [2.05, 4.69) is 19.1 Å². The molecule has 1 rings (SSSR count). The van der Waals surface area contributed by atoms with Crippen LogP contribution in [-0.2, 0) is 0 Å². The van der Waals surface area contributed by atoms with Crippen molar-refractivity contribution in [2.45, 2.75) is 32.3 Å². The molecule has 1 aromatic rings. The van der Waals surface area contributed by atoms with Crippen molar-refractivity contribution in [1.29, 1.82) is 0 Å². The van der Waals surface area contributed by atoms with Crippen LogP contribution in [0.2, 0.25) is 0 Å². The second-order valence-corrected chi connectivity index (χ2v) is 3.42. The number of aliphatic hydroxyl groups is 1. The summed E-state index contributed by atoms with van der Waals surface area (Å²) in [5, 5.41) is 9.77. The fourth-order valence-electron chi connectivity index (χ4n) is 1.32. The van der Waals surface area contributed by atoms with E-state index in [0.29, 0.717) is 6.42 Å². The zero-order chi connectivity index (χ0) is 10.2. The molecule has 0 aliphatic rings. The van der Waals surface area contributed by atoms with Crippen LogP contribution in [0.3, 0.4) is 0 Å². The molecule has 0 radical (unpaired) electrons. The zero-order valence-electron chi connectivity index (χ0n) is 8.69. The van der Waals surface area contributed by atoms with Crippen LogP contribution in [0.5, 0.6) is 0 Å². The van der Waals surface area contributed by atoms with Gasteiger partial charge in [-0.25, -0.2) is 0 Å². The summed E-state index contributed by atoms with van der Waals surface area (Å²) in [6.07, 6.45) is 6.81. The van der Waals surface area contributed by atoms with Crippen LogP contribution in [0.1, 0.15) is 37.9 Å². The van der Waals surface area contributed by atoms with Crippen LogP contribution >= 0.6 is 0 Å². The van der Waals surface area contributed by atoms with Gasteiger partial charge in [0.25, 0.3) is 0 Å². The van der Waals surface area contributed by atoms with E-state index in [9.17, 15) is 5.11 Å². The van der Waals surface area contributed by atoms with E-state index >= 15 is 0 Å². The SMILES string of the molecule is CCC/C=C\C[C@@H](O)c1ccccc1. The van der Waals surface area contributed by atoms with Crippen molar-refractivity contribution in [1.82, 2.24) is 0 Å². The van der Waals surface area contributed by atoms with Gasteiger partial charge < -0.3 is 5.11 Å². The Morgan fingerprint density at radius 1 is 1.21 bits per heavy atom. The van der Waals surface area contributed by atoms with Gasteiger partial charge in [0.2, 0.25) is 0 Å². The molecule has 0 saturated carbocycles. The monoisotopic (exact) mass is 190 g/mol. The van der Waals surface area contributed by atoms with Gasteiger partial charge in [-0.15, -0.1) is 0 Å². The fourth-order valence-corrected chi connectivity index (χ4v) is 1.32. The Morgan fingerprint density at radius 3 is 2.57 bits per heavy atom. The minimum atomic E-state index is -0.357. The highest BCUT2D eigenvalue weighted by molar-refractivity contribution is 5.17. The fraction of sp³-hybridized carbons (Fsp3) is 0.385. The van der Waals surface area contributed by atoms with Crippen LogP contribution in [-0.4, -0.2) is 5.11 Å². The largest absolute Gasteiger partial charge is 0.388 e. The molecule has 0 aromatic heterocycles. The minimum absolute atomic E-state index is 0.357. The summed E-state index contributed by atoms with van der Waals surface area (Å²) in [6, 6.07) is 9.78. The quantitative estimate of drug-likeness (QED) is 0.705. The van der Waals surface area contributed by atoms with Crippen molar-refractivity contribution >= 4 is 0 Å². The second-order valence-electron chi connectivity index (χ2n) is 3.42. The average molecular weight is 190 g/mol. The zero-order valence-corrected chi connectivity index (χ0v) is 8.69. The molecule has 1 aromatic carbocycles. The molecular formula is C13H18O. The average Bonchev–Trinajstić information content (AvgIpc) is 2.25. The number of hydrogen-bond acceptors (Lipinski definition) is 1. The molecule has 76 valence electrons. The summed E-state index contributed by atoms with van der Waals surface area (Å²) in [4.78, 5) is 0. The van der Waals surface area contributed by atoms with Gasteiger partial charge in [0.1, 0.15) is 0 Å². The van der Waals surface area contributed by atoms with Gasteiger partial charge in [0.05, 0.1) is 6.10 Å². The number of rotatable bonds is 5. The summed E-state index contributed by atoms with van der Waals surface area (Å²) < 4.78 is 0. The summed E-state index contributed by atoms with van der Waals surface area (Å²) in [7, 11) is 0. The van der Waals surface area contributed by atoms with E-state index in [1.165, 1.54) is 0 Å². The molecule has 14 heavy (non-hydrogen) atoms. The van der Waals surface area contributed by atoms with E-state index in [1.807, 2.05) is 30.3 Å². The molecule has 0 aliphatic heterocycles. The Balaban J connectivity index is 2.39. The number of hydrogen-bond donors (Lipinski definition) is 1. The standard InChI is InChI=1S/C13H18O/c1-2-3-4-8-11-13(14)12-9-6-5-7-10-12/h4-10,13-14H,2-3,11H2,1H3/b8-4-/t13-/m1/s1. The lowest BCUT2D eigenvalue weighted by Crippen LogP contribution is -1.94. The summed E-state index contributed by atoms with van der Waals surface area (Å²) in [6.45, 7) is 2.15. The highest BCUT2D eigenvalue weighted by Crippen LogP contribution is 2.16. The molecule has 0 fully saturated rings. The first kappa shape index (κ1) is 11.0. The Labute approximate surface area is 86.1 Å². The maximum absolute atomic E-state index is 9.77. The number of allylic oxidation sites excluding steroid dienone is 1. The van der Waals surface area contributed by atoms with Crippen LogP contribution in [0.25, 0.3) is 0 Å². The molecule has 0 spiro atoms. The third-order valence-corrected chi connectivity index (χ3v) is 2.17. The van der Waals surface area contributed by atoms with Crippen molar-refractivity contribution < 1.29 is 5.11 Å². The van der Waals surface area contributed by atoms with Gasteiger partial charge in [0.15, 0.2) is 0 Å². The molecule has 1 N–H and O–H groups in total. The van der Waals surface area contributed by atoms with Crippen molar-refractivity contribution in [3.05, 3.63) is 48.0 Å². The Morgan fingerprint density at radius 2 is 1.93 bits per heavy atom. The van der Waals surface area contributed by atoms with Crippen LogP contribution in [0.15, 0.2) is 42.5 Å². The molecule has 0 amide bonds. The van der Waals surface area contributed by atoms with Gasteiger partial charge in [-0.1, -0.05) is 55.8 Å². The van der Waals surface area contributed by atoms with E-state index < -0.39 is 0 Å². The second kappa shape index (κ2) is 6.39. The highest BCUT2D eigenvalue weighted by Gasteiger charge is 2.02. The van der Waals surface area contributed by atoms with Gasteiger partial charge in [-0.05, 0) is 18.4 Å². The van der Waals surface area contributed by atoms with Crippen LogP contribution in [0, 0.1) is 0 Å². The number of unbranched alkanes of at least 4 members (excludes halogenated alkanes) is 1. The van der Waals surface area contributed by atoms with Crippen LogP contribution in [0.4, 0.5) is 0 Å². The molecule has 1 nitrogen and oxygen atoms in total. The molecule has 0 heterocycles. The molecular weight excluding hydrogens is 172 g/mol. The van der Waals surface area contributed by atoms with Crippen molar-refractivity contribution in [2.75, 3.05) is 0 Å². The van der Waals surface area contributed by atoms with Crippen LogP contribution < -0.4 is 0 Å². The topological polar surface area (TPSA) is 20.2 Å². The third kappa shape index (κ3) is 3.75. The predicted molar refractivity (Wildman–Crippen MR) is 60.1 cm³/mol. The minimum Gasteiger partial charge on any atom is -0.388 e. The molecule has 0 bridgehead atoms. The van der Waals surface area contributed by atoms with Crippen molar-refractivity contribution in [3.63, 3.8) is 0 Å². The Hall–Kier alpha value is -1.08. The highest BCUT2D eigenvalue weighted by atomic mass is 16.3. The molecule has 1 atom stereocenters. The predicted octanol–water partition coefficient (Wildman–Crippen LogP) is 3.47.